The van der Waals surface area contributed by atoms with Crippen LogP contribution in [0.25, 0.3) is 0 Å². The molecule has 26 heavy (non-hydrogen) atoms. The van der Waals surface area contributed by atoms with E-state index in [1.165, 1.54) is 4.88 Å². The van der Waals surface area contributed by atoms with E-state index in [1.54, 1.807) is 18.4 Å². The van der Waals surface area contributed by atoms with Crippen molar-refractivity contribution in [2.24, 2.45) is 10.9 Å². The van der Waals surface area contributed by atoms with Crippen LogP contribution in [0.3, 0.4) is 0 Å². The van der Waals surface area contributed by atoms with Gasteiger partial charge in [-0.25, -0.2) is 4.79 Å². The van der Waals surface area contributed by atoms with Crippen LogP contribution in [0.5, 0.6) is 0 Å². The second-order valence-electron chi connectivity index (χ2n) is 7.66. The molecule has 1 aromatic rings. The number of aliphatic imine (C=N–C) groups is 1. The molecule has 1 unspecified atom stereocenters. The third kappa shape index (κ3) is 7.23. The number of thiophene rings is 1. The smallest absolute Gasteiger partial charge is 0.410 e. The van der Waals surface area contributed by atoms with Crippen molar-refractivity contribution in [2.45, 2.75) is 52.2 Å². The Morgan fingerprint density at radius 2 is 2.23 bits per heavy atom. The summed E-state index contributed by atoms with van der Waals surface area (Å²) in [6.07, 6.45) is 3.01. The highest BCUT2D eigenvalue weighted by Crippen LogP contribution is 2.21. The average Bonchev–Trinajstić information content (AvgIpc) is 3.10. The minimum Gasteiger partial charge on any atom is -0.444 e. The Labute approximate surface area is 161 Å². The molecular weight excluding hydrogens is 348 g/mol. The van der Waals surface area contributed by atoms with E-state index in [4.69, 9.17) is 4.74 Å². The van der Waals surface area contributed by atoms with Gasteiger partial charge in [-0.3, -0.25) is 4.99 Å². The zero-order chi connectivity index (χ0) is 19.0. The predicted molar refractivity (Wildman–Crippen MR) is 108 cm³/mol. The predicted octanol–water partition coefficient (Wildman–Crippen LogP) is 3.45. The van der Waals surface area contributed by atoms with Gasteiger partial charge in [0.1, 0.15) is 5.60 Å². The van der Waals surface area contributed by atoms with Crippen molar-refractivity contribution in [2.75, 3.05) is 26.7 Å². The maximum atomic E-state index is 12.2. The molecule has 1 saturated heterocycles. The van der Waals surface area contributed by atoms with Crippen LogP contribution >= 0.6 is 11.3 Å². The maximum absolute atomic E-state index is 12.2. The highest BCUT2D eigenvalue weighted by Gasteiger charge is 2.27. The third-order valence-corrected chi connectivity index (χ3v) is 5.13. The fraction of sp³-hybridized carbons (Fsp3) is 0.684. The van der Waals surface area contributed by atoms with Gasteiger partial charge in [-0.1, -0.05) is 6.07 Å². The average molecular weight is 381 g/mol. The molecule has 0 radical (unpaired) electrons. The van der Waals surface area contributed by atoms with Crippen molar-refractivity contribution in [1.29, 1.82) is 0 Å². The summed E-state index contributed by atoms with van der Waals surface area (Å²) in [5.41, 5.74) is -0.438. The molecule has 2 heterocycles. The molecule has 6 nitrogen and oxygen atoms in total. The third-order valence-electron chi connectivity index (χ3n) is 4.25. The second kappa shape index (κ2) is 9.80. The summed E-state index contributed by atoms with van der Waals surface area (Å²) in [6.45, 7) is 8.92. The molecule has 1 fully saturated rings. The van der Waals surface area contributed by atoms with Gasteiger partial charge >= 0.3 is 6.09 Å². The Bertz CT molecular complexity index is 581. The Hall–Kier alpha value is -1.76. The Morgan fingerprint density at radius 1 is 1.42 bits per heavy atom. The van der Waals surface area contributed by atoms with Gasteiger partial charge in [0.05, 0.1) is 6.54 Å². The highest BCUT2D eigenvalue weighted by molar-refractivity contribution is 7.09. The number of nitrogens with one attached hydrogen (secondary N) is 2. The SMILES string of the molecule is CN=C(NCCC1CCCN(C(=O)OC(C)(C)C)C1)NCc1cccs1. The Balaban J connectivity index is 1.70. The number of hydrogen-bond donors (Lipinski definition) is 2. The minimum absolute atomic E-state index is 0.191. The van der Waals surface area contributed by atoms with Gasteiger partial charge in [-0.15, -0.1) is 11.3 Å². The molecule has 146 valence electrons. The number of rotatable bonds is 5. The summed E-state index contributed by atoms with van der Waals surface area (Å²) in [6, 6.07) is 4.16. The number of ether oxygens (including phenoxy) is 1. The molecule has 1 atom stereocenters. The van der Waals surface area contributed by atoms with Gasteiger partial charge in [0, 0.05) is 31.6 Å². The topological polar surface area (TPSA) is 66.0 Å². The lowest BCUT2D eigenvalue weighted by Crippen LogP contribution is -2.44. The van der Waals surface area contributed by atoms with Gasteiger partial charge in [0.15, 0.2) is 5.96 Å². The number of carbonyl (C=O) groups is 1. The van der Waals surface area contributed by atoms with Gasteiger partial charge in [0.25, 0.3) is 0 Å². The summed E-state index contributed by atoms with van der Waals surface area (Å²) in [5.74, 6) is 1.32. The number of carbonyl (C=O) groups excluding carboxylic acids is 1. The number of guanidine groups is 1. The molecule has 0 aliphatic carbocycles. The lowest BCUT2D eigenvalue weighted by atomic mass is 9.95. The number of hydrogen-bond acceptors (Lipinski definition) is 4. The summed E-state index contributed by atoms with van der Waals surface area (Å²) in [5, 5.41) is 8.77. The first-order chi connectivity index (χ1) is 12.4. The monoisotopic (exact) mass is 380 g/mol. The quantitative estimate of drug-likeness (QED) is 0.606. The summed E-state index contributed by atoms with van der Waals surface area (Å²) in [4.78, 5) is 19.6. The van der Waals surface area contributed by atoms with Gasteiger partial charge in [0.2, 0.25) is 0 Å². The normalized spacial score (nSPS) is 18.5. The molecule has 2 N–H and O–H groups in total. The molecule has 1 aliphatic heterocycles. The van der Waals surface area contributed by atoms with Gasteiger partial charge in [-0.05, 0) is 57.4 Å². The largest absolute Gasteiger partial charge is 0.444 e. The molecule has 0 bridgehead atoms. The van der Waals surface area contributed by atoms with E-state index < -0.39 is 5.60 Å². The van der Waals surface area contributed by atoms with Gasteiger partial charge in [-0.2, -0.15) is 0 Å². The lowest BCUT2D eigenvalue weighted by molar-refractivity contribution is 0.0162. The van der Waals surface area contributed by atoms with Crippen LogP contribution in [-0.4, -0.2) is 49.2 Å². The first-order valence-corrected chi connectivity index (χ1v) is 10.2. The molecule has 0 saturated carbocycles. The van der Waals surface area contributed by atoms with E-state index in [9.17, 15) is 4.79 Å². The molecule has 0 aromatic carbocycles. The Morgan fingerprint density at radius 3 is 2.88 bits per heavy atom. The fourth-order valence-electron chi connectivity index (χ4n) is 2.99. The molecule has 2 rings (SSSR count). The van der Waals surface area contributed by atoms with Crippen LogP contribution in [0.2, 0.25) is 0 Å². The summed E-state index contributed by atoms with van der Waals surface area (Å²) in [7, 11) is 1.79. The van der Waals surface area contributed by atoms with E-state index in [-0.39, 0.29) is 6.09 Å². The van der Waals surface area contributed by atoms with Crippen LogP contribution in [-0.2, 0) is 11.3 Å². The molecule has 1 aromatic heterocycles. The van der Waals surface area contributed by atoms with E-state index in [2.05, 4.69) is 33.1 Å². The lowest BCUT2D eigenvalue weighted by Gasteiger charge is -2.34. The van der Waals surface area contributed by atoms with Crippen LogP contribution in [0.4, 0.5) is 4.79 Å². The molecule has 0 spiro atoms. The van der Waals surface area contributed by atoms with Crippen molar-refractivity contribution in [3.05, 3.63) is 22.4 Å². The van der Waals surface area contributed by atoms with Crippen LogP contribution in [0, 0.1) is 5.92 Å². The first-order valence-electron chi connectivity index (χ1n) is 9.32. The van der Waals surface area contributed by atoms with Crippen LogP contribution in [0.1, 0.15) is 44.9 Å². The molecule has 1 amide bonds. The highest BCUT2D eigenvalue weighted by atomic mass is 32.1. The standard InChI is InChI=1S/C19H32N4O2S/c1-19(2,3)25-18(24)23-11-5-7-15(14-23)9-10-21-17(20-4)22-13-16-8-6-12-26-16/h6,8,12,15H,5,7,9-11,13-14H2,1-4H3,(H2,20,21,22). The molecule has 7 heteroatoms. The van der Waals surface area contributed by atoms with Crippen LogP contribution < -0.4 is 10.6 Å². The molecule has 1 aliphatic rings. The van der Waals surface area contributed by atoms with Crippen molar-refractivity contribution in [1.82, 2.24) is 15.5 Å². The fourth-order valence-corrected chi connectivity index (χ4v) is 3.64. The van der Waals surface area contributed by atoms with E-state index >= 15 is 0 Å². The zero-order valence-electron chi connectivity index (χ0n) is 16.4. The summed E-state index contributed by atoms with van der Waals surface area (Å²) >= 11 is 1.73. The number of likely N-dealkylation sites (tertiary alicyclic amines) is 1. The van der Waals surface area contributed by atoms with Crippen molar-refractivity contribution >= 4 is 23.4 Å². The van der Waals surface area contributed by atoms with Crippen molar-refractivity contribution in [3.63, 3.8) is 0 Å². The van der Waals surface area contributed by atoms with E-state index in [0.29, 0.717) is 5.92 Å². The van der Waals surface area contributed by atoms with Crippen molar-refractivity contribution in [3.8, 4) is 0 Å². The maximum Gasteiger partial charge on any atom is 0.410 e. The Kier molecular flexibility index (Phi) is 7.75. The molecular formula is C19H32N4O2S. The minimum atomic E-state index is -0.438. The number of amides is 1. The number of nitrogens with zero attached hydrogens (tertiary/aromatic N) is 2. The van der Waals surface area contributed by atoms with Gasteiger partial charge < -0.3 is 20.3 Å². The summed E-state index contributed by atoms with van der Waals surface area (Å²) < 4.78 is 5.50. The van der Waals surface area contributed by atoms with E-state index in [1.807, 2.05) is 25.7 Å². The zero-order valence-corrected chi connectivity index (χ0v) is 17.2. The van der Waals surface area contributed by atoms with Crippen LogP contribution in [0.15, 0.2) is 22.5 Å². The number of piperidine rings is 1. The van der Waals surface area contributed by atoms with E-state index in [0.717, 1.165) is 51.4 Å². The first kappa shape index (κ1) is 20.6. The van der Waals surface area contributed by atoms with Crippen molar-refractivity contribution < 1.29 is 9.53 Å². The second-order valence-corrected chi connectivity index (χ2v) is 8.69.